The van der Waals surface area contributed by atoms with Crippen LogP contribution in [0, 0.1) is 0 Å². The molecule has 0 unspecified atom stereocenters. The third-order valence-electron chi connectivity index (χ3n) is 4.71. The maximum absolute atomic E-state index is 6.11. The van der Waals surface area contributed by atoms with Crippen molar-refractivity contribution in [3.8, 4) is 28.7 Å². The highest BCUT2D eigenvalue weighted by atomic mass is 16.5. The Kier molecular flexibility index (Phi) is 5.79. The fourth-order valence-corrected chi connectivity index (χ4v) is 3.24. The topological polar surface area (TPSA) is 59.3 Å². The van der Waals surface area contributed by atoms with E-state index in [-0.39, 0.29) is 0 Å². The second-order valence-corrected chi connectivity index (χ2v) is 6.62. The van der Waals surface area contributed by atoms with Crippen molar-refractivity contribution in [3.63, 3.8) is 0 Å². The Morgan fingerprint density at radius 1 is 0.897 bits per heavy atom. The van der Waals surface area contributed by atoms with Gasteiger partial charge >= 0.3 is 0 Å². The van der Waals surface area contributed by atoms with Crippen LogP contribution in [0.15, 0.2) is 47.1 Å². The second kappa shape index (κ2) is 8.82. The van der Waals surface area contributed by atoms with E-state index in [0.717, 1.165) is 46.6 Å². The van der Waals surface area contributed by atoms with Crippen molar-refractivity contribution in [3.05, 3.63) is 48.2 Å². The molecule has 6 nitrogen and oxygen atoms in total. The molecule has 2 heterocycles. The maximum Gasteiger partial charge on any atom is 0.141 e. The molecular formula is C23H24O6. The molecule has 0 radical (unpaired) electrons. The first-order valence-corrected chi connectivity index (χ1v) is 9.60. The van der Waals surface area contributed by atoms with Crippen LogP contribution in [0.2, 0.25) is 0 Å². The van der Waals surface area contributed by atoms with Gasteiger partial charge in [0.05, 0.1) is 44.6 Å². The van der Waals surface area contributed by atoms with Crippen LogP contribution in [-0.4, -0.2) is 34.0 Å². The van der Waals surface area contributed by atoms with E-state index < -0.39 is 0 Å². The van der Waals surface area contributed by atoms with E-state index in [0.29, 0.717) is 31.3 Å². The van der Waals surface area contributed by atoms with Crippen molar-refractivity contribution in [2.24, 2.45) is 0 Å². The summed E-state index contributed by atoms with van der Waals surface area (Å²) in [5, 5.41) is 0.957. The smallest absolute Gasteiger partial charge is 0.141 e. The van der Waals surface area contributed by atoms with Crippen molar-refractivity contribution in [1.29, 1.82) is 0 Å². The van der Waals surface area contributed by atoms with Crippen molar-refractivity contribution >= 4 is 17.0 Å². The number of benzene rings is 2. The van der Waals surface area contributed by atoms with Crippen LogP contribution >= 0.6 is 0 Å². The van der Waals surface area contributed by atoms with Crippen LogP contribution < -0.4 is 23.7 Å². The summed E-state index contributed by atoms with van der Waals surface area (Å²) in [6, 6.07) is 9.34. The number of methoxy groups -OCH3 is 2. The minimum absolute atomic E-state index is 0.561. The van der Waals surface area contributed by atoms with Gasteiger partial charge in [-0.05, 0) is 31.1 Å². The van der Waals surface area contributed by atoms with Gasteiger partial charge in [-0.15, -0.1) is 0 Å². The van der Waals surface area contributed by atoms with E-state index in [9.17, 15) is 0 Å². The Balaban J connectivity index is 1.32. The fraction of sp³-hybridized carbons (Fsp3) is 0.304. The molecule has 0 saturated heterocycles. The maximum atomic E-state index is 6.11. The molecule has 29 heavy (non-hydrogen) atoms. The number of hydrogen-bond donors (Lipinski definition) is 0. The summed E-state index contributed by atoms with van der Waals surface area (Å²) in [5.74, 6) is 3.73. The van der Waals surface area contributed by atoms with Crippen molar-refractivity contribution < 1.29 is 28.1 Å². The highest BCUT2D eigenvalue weighted by Gasteiger charge is 2.17. The average molecular weight is 396 g/mol. The lowest BCUT2D eigenvalue weighted by molar-refractivity contribution is 0.264. The monoisotopic (exact) mass is 396 g/mol. The molecular weight excluding hydrogens is 372 g/mol. The second-order valence-electron chi connectivity index (χ2n) is 6.62. The van der Waals surface area contributed by atoms with Crippen molar-refractivity contribution in [2.75, 3.05) is 34.0 Å². The number of ether oxygens (including phenoxy) is 5. The summed E-state index contributed by atoms with van der Waals surface area (Å²) in [6.07, 6.45) is 7.41. The molecule has 0 bridgehead atoms. The predicted molar refractivity (Wildman–Crippen MR) is 111 cm³/mol. The summed E-state index contributed by atoms with van der Waals surface area (Å²) in [6.45, 7) is 1.72. The molecule has 2 aromatic carbocycles. The lowest BCUT2D eigenvalue weighted by atomic mass is 10.1. The third-order valence-corrected chi connectivity index (χ3v) is 4.71. The standard InChI is InChI=1S/C23H24O6/c1-24-16-12-17(25-2)14-18(13-16)26-8-3-4-9-29-23-19-6-5-10-27-21(19)15-22-20(23)7-11-28-22/h5-7,11-15H,3-4,8-10H2,1-2H3. The van der Waals surface area contributed by atoms with Crippen molar-refractivity contribution in [2.45, 2.75) is 12.8 Å². The van der Waals surface area contributed by atoms with Gasteiger partial charge in [0.1, 0.15) is 40.9 Å². The van der Waals surface area contributed by atoms with Crippen LogP contribution in [0.1, 0.15) is 18.4 Å². The zero-order valence-electron chi connectivity index (χ0n) is 16.6. The van der Waals surface area contributed by atoms with Gasteiger partial charge in [-0.1, -0.05) is 0 Å². The van der Waals surface area contributed by atoms with Crippen LogP contribution in [0.4, 0.5) is 0 Å². The molecule has 0 amide bonds. The molecule has 6 heteroatoms. The molecule has 0 spiro atoms. The molecule has 0 N–H and O–H groups in total. The van der Waals surface area contributed by atoms with E-state index in [1.54, 1.807) is 20.5 Å². The first-order chi connectivity index (χ1) is 14.3. The molecule has 0 aliphatic carbocycles. The van der Waals surface area contributed by atoms with Gasteiger partial charge in [-0.25, -0.2) is 0 Å². The van der Waals surface area contributed by atoms with Gasteiger partial charge < -0.3 is 28.1 Å². The summed E-state index contributed by atoms with van der Waals surface area (Å²) in [7, 11) is 3.24. The largest absolute Gasteiger partial charge is 0.496 e. The minimum Gasteiger partial charge on any atom is -0.496 e. The molecule has 0 fully saturated rings. The van der Waals surface area contributed by atoms with Gasteiger partial charge in [0, 0.05) is 24.3 Å². The van der Waals surface area contributed by atoms with Crippen molar-refractivity contribution in [1.82, 2.24) is 0 Å². The van der Waals surface area contributed by atoms with E-state index in [2.05, 4.69) is 0 Å². The highest BCUT2D eigenvalue weighted by molar-refractivity contribution is 5.91. The SMILES string of the molecule is COc1cc(OC)cc(OCCCCOc2c3c(cc4occc24)OCC=C3)c1. The number of unbranched alkanes of at least 4 members (excludes halogenated alkanes) is 1. The average Bonchev–Trinajstić information content (AvgIpc) is 3.23. The molecule has 152 valence electrons. The Hall–Kier alpha value is -3.28. The minimum atomic E-state index is 0.561. The fourth-order valence-electron chi connectivity index (χ4n) is 3.24. The number of rotatable bonds is 9. The summed E-state index contributed by atoms with van der Waals surface area (Å²) in [4.78, 5) is 0. The molecule has 4 rings (SSSR count). The van der Waals surface area contributed by atoms with Crippen LogP contribution in [-0.2, 0) is 0 Å². The van der Waals surface area contributed by atoms with Crippen LogP contribution in [0.3, 0.4) is 0 Å². The predicted octanol–water partition coefficient (Wildman–Crippen LogP) is 5.09. The Morgan fingerprint density at radius 2 is 1.62 bits per heavy atom. The molecule has 1 aromatic heterocycles. The number of furan rings is 1. The lowest BCUT2D eigenvalue weighted by Gasteiger charge is -2.17. The quantitative estimate of drug-likeness (QED) is 0.469. The van der Waals surface area contributed by atoms with Gasteiger partial charge in [0.2, 0.25) is 0 Å². The summed E-state index contributed by atoms with van der Waals surface area (Å²) < 4.78 is 33.7. The van der Waals surface area contributed by atoms with Crippen LogP contribution in [0.5, 0.6) is 28.7 Å². The van der Waals surface area contributed by atoms with Gasteiger partial charge in [-0.3, -0.25) is 0 Å². The van der Waals surface area contributed by atoms with Gasteiger partial charge in [0.25, 0.3) is 0 Å². The van der Waals surface area contributed by atoms with Gasteiger partial charge in [-0.2, -0.15) is 0 Å². The number of hydrogen-bond acceptors (Lipinski definition) is 6. The molecule has 3 aromatic rings. The Bertz CT molecular complexity index is 982. The molecule has 0 atom stereocenters. The molecule has 1 aliphatic rings. The highest BCUT2D eigenvalue weighted by Crippen LogP contribution is 2.40. The van der Waals surface area contributed by atoms with Gasteiger partial charge in [0.15, 0.2) is 0 Å². The zero-order valence-corrected chi connectivity index (χ0v) is 16.6. The van der Waals surface area contributed by atoms with E-state index in [1.165, 1.54) is 0 Å². The van der Waals surface area contributed by atoms with E-state index in [1.807, 2.05) is 42.5 Å². The van der Waals surface area contributed by atoms with E-state index >= 15 is 0 Å². The first kappa shape index (κ1) is 19.1. The summed E-state index contributed by atoms with van der Waals surface area (Å²) >= 11 is 0. The molecule has 0 saturated carbocycles. The third kappa shape index (κ3) is 4.26. The molecule has 1 aliphatic heterocycles. The van der Waals surface area contributed by atoms with Crippen LogP contribution in [0.25, 0.3) is 17.0 Å². The first-order valence-electron chi connectivity index (χ1n) is 9.60. The summed E-state index contributed by atoms with van der Waals surface area (Å²) in [5.41, 5.74) is 1.73. The van der Waals surface area contributed by atoms with E-state index in [4.69, 9.17) is 28.1 Å². The number of fused-ring (bicyclic) bond motifs is 2. The Labute approximate surface area is 169 Å². The normalized spacial score (nSPS) is 12.3. The zero-order chi connectivity index (χ0) is 20.1. The Morgan fingerprint density at radius 3 is 2.38 bits per heavy atom. The lowest BCUT2D eigenvalue weighted by Crippen LogP contribution is -2.06.